The molecule has 1 heterocycles. The Hall–Kier alpha value is -1.16. The average molecular weight is 327 g/mol. The minimum atomic E-state index is -0.318. The number of rotatable bonds is 6. The molecule has 0 bridgehead atoms. The SMILES string of the molecule is CCC(NCCc1ccc(Cl)cc1Cl)c1ccc(F)cn1. The van der Waals surface area contributed by atoms with Crippen LogP contribution in [0.15, 0.2) is 36.5 Å². The van der Waals surface area contributed by atoms with Gasteiger partial charge in [-0.25, -0.2) is 4.39 Å². The molecule has 21 heavy (non-hydrogen) atoms. The zero-order valence-electron chi connectivity index (χ0n) is 11.7. The van der Waals surface area contributed by atoms with E-state index in [-0.39, 0.29) is 11.9 Å². The lowest BCUT2D eigenvalue weighted by atomic mass is 10.1. The van der Waals surface area contributed by atoms with Crippen molar-refractivity contribution in [2.75, 3.05) is 6.54 Å². The van der Waals surface area contributed by atoms with E-state index >= 15 is 0 Å². The topological polar surface area (TPSA) is 24.9 Å². The van der Waals surface area contributed by atoms with Crippen LogP contribution in [0.3, 0.4) is 0 Å². The number of aromatic nitrogens is 1. The first-order valence-electron chi connectivity index (χ1n) is 6.89. The van der Waals surface area contributed by atoms with Crippen molar-refractivity contribution < 1.29 is 4.39 Å². The van der Waals surface area contributed by atoms with E-state index in [1.165, 1.54) is 12.3 Å². The normalized spacial score (nSPS) is 12.4. The summed E-state index contributed by atoms with van der Waals surface area (Å²) < 4.78 is 12.9. The first-order valence-corrected chi connectivity index (χ1v) is 7.64. The molecule has 2 aromatic rings. The zero-order chi connectivity index (χ0) is 15.2. The predicted octanol–water partition coefficient (Wildman–Crippen LogP) is 4.81. The maximum atomic E-state index is 12.9. The van der Waals surface area contributed by atoms with Gasteiger partial charge in [0.2, 0.25) is 0 Å². The quantitative estimate of drug-likeness (QED) is 0.823. The van der Waals surface area contributed by atoms with Gasteiger partial charge in [-0.3, -0.25) is 4.98 Å². The summed E-state index contributed by atoms with van der Waals surface area (Å²) in [6.45, 7) is 2.83. The maximum absolute atomic E-state index is 12.9. The second-order valence-corrected chi connectivity index (χ2v) is 5.65. The Morgan fingerprint density at radius 3 is 2.67 bits per heavy atom. The molecule has 1 aromatic heterocycles. The van der Waals surface area contributed by atoms with Crippen LogP contribution in [0.4, 0.5) is 4.39 Å². The van der Waals surface area contributed by atoms with Gasteiger partial charge in [0.1, 0.15) is 5.82 Å². The molecule has 1 aromatic carbocycles. The van der Waals surface area contributed by atoms with Gasteiger partial charge in [-0.15, -0.1) is 0 Å². The molecule has 1 N–H and O–H groups in total. The number of pyridine rings is 1. The molecule has 2 nitrogen and oxygen atoms in total. The Labute approximate surface area is 134 Å². The molecule has 0 amide bonds. The van der Waals surface area contributed by atoms with Gasteiger partial charge < -0.3 is 5.32 Å². The van der Waals surface area contributed by atoms with Crippen molar-refractivity contribution in [3.63, 3.8) is 0 Å². The molecule has 1 atom stereocenters. The largest absolute Gasteiger partial charge is 0.308 e. The summed E-state index contributed by atoms with van der Waals surface area (Å²) >= 11 is 12.0. The summed E-state index contributed by atoms with van der Waals surface area (Å²) in [6.07, 6.45) is 2.93. The van der Waals surface area contributed by atoms with Crippen LogP contribution in [-0.4, -0.2) is 11.5 Å². The van der Waals surface area contributed by atoms with Crippen LogP contribution in [0, 0.1) is 5.82 Å². The molecule has 0 fully saturated rings. The molecule has 112 valence electrons. The van der Waals surface area contributed by atoms with E-state index in [9.17, 15) is 4.39 Å². The number of halogens is 3. The van der Waals surface area contributed by atoms with Crippen LogP contribution in [0.5, 0.6) is 0 Å². The van der Waals surface area contributed by atoms with Crippen molar-refractivity contribution in [1.29, 1.82) is 0 Å². The lowest BCUT2D eigenvalue weighted by molar-refractivity contribution is 0.508. The van der Waals surface area contributed by atoms with Crippen LogP contribution in [0.1, 0.15) is 30.6 Å². The number of nitrogens with one attached hydrogen (secondary N) is 1. The molecule has 0 saturated heterocycles. The smallest absolute Gasteiger partial charge is 0.141 e. The highest BCUT2D eigenvalue weighted by atomic mass is 35.5. The van der Waals surface area contributed by atoms with Gasteiger partial charge in [0.05, 0.1) is 11.9 Å². The Morgan fingerprint density at radius 1 is 1.24 bits per heavy atom. The monoisotopic (exact) mass is 326 g/mol. The second kappa shape index (κ2) is 7.74. The maximum Gasteiger partial charge on any atom is 0.141 e. The number of nitrogens with zero attached hydrogens (tertiary/aromatic N) is 1. The van der Waals surface area contributed by atoms with E-state index in [0.717, 1.165) is 30.6 Å². The Bertz CT molecular complexity index is 587. The van der Waals surface area contributed by atoms with E-state index in [4.69, 9.17) is 23.2 Å². The summed E-state index contributed by atoms with van der Waals surface area (Å²) in [5.74, 6) is -0.318. The minimum absolute atomic E-state index is 0.108. The fourth-order valence-corrected chi connectivity index (χ4v) is 2.66. The van der Waals surface area contributed by atoms with E-state index in [0.29, 0.717) is 10.0 Å². The summed E-state index contributed by atoms with van der Waals surface area (Å²) in [6, 6.07) is 8.77. The third-order valence-corrected chi connectivity index (χ3v) is 3.90. The van der Waals surface area contributed by atoms with Crippen molar-refractivity contribution in [3.05, 3.63) is 63.6 Å². The van der Waals surface area contributed by atoms with E-state index in [1.54, 1.807) is 12.1 Å². The molecule has 0 saturated carbocycles. The van der Waals surface area contributed by atoms with Crippen LogP contribution in [-0.2, 0) is 6.42 Å². The summed E-state index contributed by atoms with van der Waals surface area (Å²) in [7, 11) is 0. The van der Waals surface area contributed by atoms with E-state index in [2.05, 4.69) is 17.2 Å². The molecular formula is C16H17Cl2FN2. The molecule has 0 spiro atoms. The van der Waals surface area contributed by atoms with Gasteiger partial charge >= 0.3 is 0 Å². The fraction of sp³-hybridized carbons (Fsp3) is 0.312. The highest BCUT2D eigenvalue weighted by molar-refractivity contribution is 6.35. The molecule has 5 heteroatoms. The van der Waals surface area contributed by atoms with Crippen molar-refractivity contribution >= 4 is 23.2 Å². The third kappa shape index (κ3) is 4.67. The summed E-state index contributed by atoms with van der Waals surface area (Å²) in [5.41, 5.74) is 1.90. The highest BCUT2D eigenvalue weighted by Crippen LogP contribution is 2.21. The highest BCUT2D eigenvalue weighted by Gasteiger charge is 2.10. The van der Waals surface area contributed by atoms with Gasteiger partial charge in [-0.1, -0.05) is 36.2 Å². The predicted molar refractivity (Wildman–Crippen MR) is 85.4 cm³/mol. The molecule has 2 rings (SSSR count). The molecule has 0 aliphatic heterocycles. The minimum Gasteiger partial charge on any atom is -0.308 e. The summed E-state index contributed by atoms with van der Waals surface area (Å²) in [4.78, 5) is 4.12. The first kappa shape index (κ1) is 16.2. The number of benzene rings is 1. The second-order valence-electron chi connectivity index (χ2n) is 4.80. The molecule has 1 unspecified atom stereocenters. The lowest BCUT2D eigenvalue weighted by Crippen LogP contribution is -2.24. The van der Waals surface area contributed by atoms with Crippen molar-refractivity contribution in [2.45, 2.75) is 25.8 Å². The van der Waals surface area contributed by atoms with Gasteiger partial charge in [0.15, 0.2) is 0 Å². The third-order valence-electron chi connectivity index (χ3n) is 3.32. The van der Waals surface area contributed by atoms with Crippen molar-refractivity contribution in [1.82, 2.24) is 10.3 Å². The van der Waals surface area contributed by atoms with Crippen LogP contribution < -0.4 is 5.32 Å². The van der Waals surface area contributed by atoms with Gasteiger partial charge in [-0.2, -0.15) is 0 Å². The number of hydrogen-bond donors (Lipinski definition) is 1. The average Bonchev–Trinajstić information content (AvgIpc) is 2.47. The van der Waals surface area contributed by atoms with Crippen molar-refractivity contribution in [3.8, 4) is 0 Å². The molecule has 0 aliphatic rings. The van der Waals surface area contributed by atoms with Crippen molar-refractivity contribution in [2.24, 2.45) is 0 Å². The lowest BCUT2D eigenvalue weighted by Gasteiger charge is -2.16. The molecule has 0 aliphatic carbocycles. The van der Waals surface area contributed by atoms with Gasteiger partial charge in [0.25, 0.3) is 0 Å². The Morgan fingerprint density at radius 2 is 2.05 bits per heavy atom. The molecular weight excluding hydrogens is 310 g/mol. The first-order chi connectivity index (χ1) is 10.1. The van der Waals surface area contributed by atoms with Gasteiger partial charge in [0, 0.05) is 16.1 Å². The Balaban J connectivity index is 1.93. The number of hydrogen-bond acceptors (Lipinski definition) is 2. The standard InChI is InChI=1S/C16H17Cl2FN2/c1-2-15(16-6-5-13(19)10-21-16)20-8-7-11-3-4-12(17)9-14(11)18/h3-6,9-10,15,20H,2,7-8H2,1H3. The van der Waals surface area contributed by atoms with E-state index < -0.39 is 0 Å². The van der Waals surface area contributed by atoms with Crippen LogP contribution in [0.25, 0.3) is 0 Å². The zero-order valence-corrected chi connectivity index (χ0v) is 13.3. The molecule has 0 radical (unpaired) electrons. The van der Waals surface area contributed by atoms with Gasteiger partial charge in [-0.05, 0) is 49.2 Å². The van der Waals surface area contributed by atoms with Crippen LogP contribution in [0.2, 0.25) is 10.0 Å². The summed E-state index contributed by atoms with van der Waals surface area (Å²) in [5, 5.41) is 4.73. The van der Waals surface area contributed by atoms with E-state index in [1.807, 2.05) is 12.1 Å². The fourth-order valence-electron chi connectivity index (χ4n) is 2.16. The Kier molecular flexibility index (Phi) is 5.97. The van der Waals surface area contributed by atoms with Crippen LogP contribution >= 0.6 is 23.2 Å².